The van der Waals surface area contributed by atoms with Crippen molar-refractivity contribution in [3.8, 4) is 0 Å². The topological polar surface area (TPSA) is 3.24 Å². The van der Waals surface area contributed by atoms with Crippen molar-refractivity contribution in [3.05, 3.63) is 0 Å². The second-order valence-corrected chi connectivity index (χ2v) is 5.94. The van der Waals surface area contributed by atoms with Gasteiger partial charge in [0.15, 0.2) is 0 Å². The first-order chi connectivity index (χ1) is 5.77. The lowest BCUT2D eigenvalue weighted by Gasteiger charge is -2.56. The molecular weight excluding hydrogens is 153 g/mol. The van der Waals surface area contributed by atoms with Crippen molar-refractivity contribution in [2.24, 2.45) is 0 Å². The van der Waals surface area contributed by atoms with Gasteiger partial charge >= 0.3 is 0 Å². The van der Waals surface area contributed by atoms with Gasteiger partial charge in [0.2, 0.25) is 0 Å². The van der Waals surface area contributed by atoms with Crippen LogP contribution in [0.4, 0.5) is 0 Å². The van der Waals surface area contributed by atoms with Gasteiger partial charge in [-0.2, -0.15) is 0 Å². The van der Waals surface area contributed by atoms with Crippen LogP contribution in [0.3, 0.4) is 0 Å². The number of piperidine rings is 1. The molecule has 1 rings (SSSR count). The van der Waals surface area contributed by atoms with E-state index in [9.17, 15) is 0 Å². The van der Waals surface area contributed by atoms with Crippen LogP contribution in [-0.2, 0) is 0 Å². The summed E-state index contributed by atoms with van der Waals surface area (Å²) in [7, 11) is 9.53. The Morgan fingerprint density at radius 3 is 1.62 bits per heavy atom. The van der Waals surface area contributed by atoms with E-state index in [0.29, 0.717) is 16.7 Å². The predicted molar refractivity (Wildman–Crippen MR) is 70.5 cm³/mol. The van der Waals surface area contributed by atoms with Crippen LogP contribution < -0.4 is 0 Å². The summed E-state index contributed by atoms with van der Waals surface area (Å²) < 4.78 is 0. The molecule has 13 heavy (non-hydrogen) atoms. The lowest BCUT2D eigenvalue weighted by molar-refractivity contribution is 0.0875. The molecule has 0 atom stereocenters. The Hall–Kier alpha value is 0.220. The smallest absolute Gasteiger partial charge is 0.117 e. The first-order valence-corrected chi connectivity index (χ1v) is 5.57. The monoisotopic (exact) mass is 175 g/mol. The Morgan fingerprint density at radius 1 is 1.00 bits per heavy atom. The minimum absolute atomic E-state index is 0.385. The first-order valence-electron chi connectivity index (χ1n) is 5.57. The summed E-state index contributed by atoms with van der Waals surface area (Å²) in [6.07, 6.45) is 4.06. The Labute approximate surface area is 86.7 Å². The largest absolute Gasteiger partial charge is 0.321 e. The third-order valence-electron chi connectivity index (χ3n) is 3.40. The third kappa shape index (κ3) is 2.18. The van der Waals surface area contributed by atoms with Gasteiger partial charge in [-0.15, -0.1) is 0 Å². The van der Waals surface area contributed by atoms with Crippen molar-refractivity contribution in [2.45, 2.75) is 49.8 Å². The van der Waals surface area contributed by atoms with E-state index in [2.05, 4.69) is 50.1 Å². The molecule has 1 aliphatic rings. The van der Waals surface area contributed by atoms with Gasteiger partial charge in [0, 0.05) is 6.04 Å². The molecule has 0 amide bonds. The van der Waals surface area contributed by atoms with Gasteiger partial charge in [0.05, 0.1) is 0 Å². The third-order valence-corrected chi connectivity index (χ3v) is 3.40. The number of rotatable bonds is 1. The van der Waals surface area contributed by atoms with Crippen molar-refractivity contribution in [2.75, 3.05) is 0 Å². The summed E-state index contributed by atoms with van der Waals surface area (Å²) in [5.74, 6) is 0. The molecule has 0 spiro atoms. The number of likely N-dealkylation sites (tertiary alicyclic amines) is 1. The zero-order valence-corrected chi connectivity index (χ0v) is 10.1. The normalized spacial score (nSPS) is 27.6. The summed E-state index contributed by atoms with van der Waals surface area (Å²) in [4.78, 5) is 2.68. The van der Waals surface area contributed by atoms with E-state index in [0.717, 1.165) is 0 Å². The number of hydrogen-bond acceptors (Lipinski definition) is 1. The fraction of sp³-hybridized carbons (Fsp3) is 1.00. The molecule has 1 saturated heterocycles. The number of hydrogen-bond donors (Lipinski definition) is 0. The van der Waals surface area contributed by atoms with Crippen molar-refractivity contribution >= 4 is 31.4 Å². The number of nitrogens with zero attached hydrogens (tertiary/aromatic N) is 1. The molecule has 1 nitrogen and oxygen atoms in total. The van der Waals surface area contributed by atoms with Gasteiger partial charge in [-0.05, 0) is 37.4 Å². The molecule has 0 saturated carbocycles. The molecule has 0 aliphatic carbocycles. The molecule has 0 unspecified atom stereocenters. The van der Waals surface area contributed by atoms with E-state index in [1.807, 2.05) is 0 Å². The van der Waals surface area contributed by atoms with Crippen LogP contribution in [-0.4, -0.2) is 53.0 Å². The SMILES string of the molecule is BC1(B)CCCC(B)(B)N1C(C)C. The molecule has 0 aromatic rings. The second-order valence-electron chi connectivity index (χ2n) is 5.94. The average Bonchev–Trinajstić information content (AvgIpc) is 1.79. The molecule has 0 radical (unpaired) electrons. The van der Waals surface area contributed by atoms with Crippen molar-refractivity contribution < 1.29 is 0 Å². The molecular formula is C8H21B4N. The van der Waals surface area contributed by atoms with E-state index in [-0.39, 0.29) is 0 Å². The summed E-state index contributed by atoms with van der Waals surface area (Å²) in [6.45, 7) is 4.63. The highest BCUT2D eigenvalue weighted by molar-refractivity contribution is 6.44. The molecule has 5 heteroatoms. The molecule has 0 bridgehead atoms. The average molecular weight is 175 g/mol. The maximum absolute atomic E-state index is 2.68. The highest BCUT2D eigenvalue weighted by atomic mass is 15.2. The molecule has 1 heterocycles. The van der Waals surface area contributed by atoms with Gasteiger partial charge in [-0.1, -0.05) is 6.42 Å². The van der Waals surface area contributed by atoms with Crippen molar-refractivity contribution in [1.29, 1.82) is 0 Å². The van der Waals surface area contributed by atoms with Gasteiger partial charge in [-0.25, -0.2) is 0 Å². The lowest BCUT2D eigenvalue weighted by atomic mass is 9.46. The van der Waals surface area contributed by atoms with E-state index >= 15 is 0 Å². The van der Waals surface area contributed by atoms with Crippen molar-refractivity contribution in [3.63, 3.8) is 0 Å². The van der Waals surface area contributed by atoms with Crippen LogP contribution in [0, 0.1) is 0 Å². The summed E-state index contributed by atoms with van der Waals surface area (Å²) in [5, 5.41) is 0.770. The predicted octanol–water partition coefficient (Wildman–Crippen LogP) is -2.28. The fourth-order valence-corrected chi connectivity index (χ4v) is 3.41. The van der Waals surface area contributed by atoms with E-state index in [1.54, 1.807) is 0 Å². The highest BCUT2D eigenvalue weighted by Gasteiger charge is 2.41. The minimum atomic E-state index is 0.385. The first kappa shape index (κ1) is 11.3. The maximum atomic E-state index is 2.68. The zero-order valence-electron chi connectivity index (χ0n) is 10.1. The molecule has 0 aromatic carbocycles. The molecule has 0 aromatic heterocycles. The Kier molecular flexibility index (Phi) is 2.97. The second kappa shape index (κ2) is 3.42. The van der Waals surface area contributed by atoms with Crippen LogP contribution in [0.5, 0.6) is 0 Å². The Morgan fingerprint density at radius 2 is 1.38 bits per heavy atom. The minimum Gasteiger partial charge on any atom is -0.321 e. The fourth-order valence-electron chi connectivity index (χ4n) is 3.41. The van der Waals surface area contributed by atoms with Crippen LogP contribution in [0.2, 0.25) is 0 Å². The van der Waals surface area contributed by atoms with Crippen LogP contribution >= 0.6 is 0 Å². The zero-order chi connectivity index (χ0) is 10.3. The standard InChI is InChI=1S/C8H21B4N/c1-6(2)13-7(9,10)4-3-5-8(13,11)12/h6H,3-5,9-12H2,1-2H3. The van der Waals surface area contributed by atoms with Gasteiger partial charge in [0.25, 0.3) is 0 Å². The Balaban J connectivity index is 2.91. The molecule has 1 fully saturated rings. The van der Waals surface area contributed by atoms with Gasteiger partial charge in [0.1, 0.15) is 31.4 Å². The molecule has 1 aliphatic heterocycles. The summed E-state index contributed by atoms with van der Waals surface area (Å²) in [5.41, 5.74) is 0. The van der Waals surface area contributed by atoms with Crippen LogP contribution in [0.25, 0.3) is 0 Å². The van der Waals surface area contributed by atoms with Crippen molar-refractivity contribution in [1.82, 2.24) is 4.90 Å². The summed E-state index contributed by atoms with van der Waals surface area (Å²) in [6, 6.07) is 0.658. The van der Waals surface area contributed by atoms with E-state index in [1.165, 1.54) is 19.3 Å². The molecule has 70 valence electrons. The van der Waals surface area contributed by atoms with Crippen LogP contribution in [0.15, 0.2) is 0 Å². The lowest BCUT2D eigenvalue weighted by Crippen LogP contribution is -2.67. The van der Waals surface area contributed by atoms with E-state index in [4.69, 9.17) is 0 Å². The van der Waals surface area contributed by atoms with Crippen LogP contribution in [0.1, 0.15) is 33.1 Å². The highest BCUT2D eigenvalue weighted by Crippen LogP contribution is 2.33. The van der Waals surface area contributed by atoms with Gasteiger partial charge < -0.3 is 4.90 Å². The molecule has 0 N–H and O–H groups in total. The quantitative estimate of drug-likeness (QED) is 0.405. The Bertz CT molecular complexity index is 175. The maximum Gasteiger partial charge on any atom is 0.117 e. The van der Waals surface area contributed by atoms with E-state index < -0.39 is 0 Å². The van der Waals surface area contributed by atoms with Gasteiger partial charge in [-0.3, -0.25) is 0 Å². The summed E-state index contributed by atoms with van der Waals surface area (Å²) >= 11 is 0.